The molecule has 0 amide bonds. The van der Waals surface area contributed by atoms with Gasteiger partial charge in [-0.05, 0) is 37.1 Å². The molecule has 0 saturated carbocycles. The van der Waals surface area contributed by atoms with Gasteiger partial charge in [0.2, 0.25) is 0 Å². The topological polar surface area (TPSA) is 30.5 Å². The molecule has 3 nitrogen and oxygen atoms in total. The molecule has 2 heterocycles. The quantitative estimate of drug-likeness (QED) is 0.923. The normalized spacial score (nSPS) is 23.1. The number of para-hydroxylation sites is 1. The van der Waals surface area contributed by atoms with Crippen LogP contribution in [0.3, 0.4) is 0 Å². The molecule has 2 atom stereocenters. The summed E-state index contributed by atoms with van der Waals surface area (Å²) in [4.78, 5) is 1.24. The minimum atomic E-state index is 0.169. The molecule has 1 aromatic carbocycles. The highest BCUT2D eigenvalue weighted by Crippen LogP contribution is 2.37. The van der Waals surface area contributed by atoms with Crippen molar-refractivity contribution in [1.82, 2.24) is 5.32 Å². The summed E-state index contributed by atoms with van der Waals surface area (Å²) in [6.45, 7) is 3.92. The number of likely N-dealkylation sites (N-methyl/N-ethyl adjacent to an activating group) is 1. The van der Waals surface area contributed by atoms with E-state index in [1.165, 1.54) is 10.5 Å². The van der Waals surface area contributed by atoms with Crippen molar-refractivity contribution in [3.05, 3.63) is 36.1 Å². The fourth-order valence-corrected chi connectivity index (χ4v) is 3.77. The summed E-state index contributed by atoms with van der Waals surface area (Å²) in [7, 11) is 0. The molecule has 0 aliphatic carbocycles. The van der Waals surface area contributed by atoms with Crippen LogP contribution in [0.4, 0.5) is 0 Å². The number of hydrogen-bond donors (Lipinski definition) is 1. The van der Waals surface area contributed by atoms with E-state index in [0.29, 0.717) is 0 Å². The lowest BCUT2D eigenvalue weighted by molar-refractivity contribution is 0.164. The van der Waals surface area contributed by atoms with Crippen LogP contribution >= 0.6 is 11.8 Å². The summed E-state index contributed by atoms with van der Waals surface area (Å²) in [5, 5.41) is 3.57. The maximum atomic E-state index is 6.22. The fourth-order valence-electron chi connectivity index (χ4n) is 2.73. The van der Waals surface area contributed by atoms with Gasteiger partial charge in [-0.1, -0.05) is 19.1 Å². The zero-order valence-corrected chi connectivity index (χ0v) is 12.6. The largest absolute Gasteiger partial charge is 0.501 e. The Balaban J connectivity index is 1.77. The molecule has 0 saturated heterocycles. The summed E-state index contributed by atoms with van der Waals surface area (Å²) < 4.78 is 11.7. The Morgan fingerprint density at radius 2 is 2.30 bits per heavy atom. The number of nitrogens with one attached hydrogen (secondary N) is 1. The lowest BCUT2D eigenvalue weighted by atomic mass is 9.97. The molecule has 20 heavy (non-hydrogen) atoms. The van der Waals surface area contributed by atoms with E-state index >= 15 is 0 Å². The van der Waals surface area contributed by atoms with Crippen LogP contribution in [0.15, 0.2) is 41.0 Å². The van der Waals surface area contributed by atoms with Gasteiger partial charge in [-0.3, -0.25) is 0 Å². The Morgan fingerprint density at radius 1 is 1.40 bits per heavy atom. The first-order valence-corrected chi connectivity index (χ1v) is 8.29. The standard InChI is InChI=1S/C16H21NO2S/c1-2-17-16(12-6-5-9-18-10-12)14-11-20-15-8-4-3-7-13(15)19-14/h3-4,7-8,10,14,16-17H,2,5-6,9,11H2,1H3. The van der Waals surface area contributed by atoms with Crippen molar-refractivity contribution >= 4 is 11.8 Å². The van der Waals surface area contributed by atoms with Gasteiger partial charge in [-0.2, -0.15) is 0 Å². The van der Waals surface area contributed by atoms with Gasteiger partial charge in [0.1, 0.15) is 11.9 Å². The number of rotatable bonds is 4. The van der Waals surface area contributed by atoms with Crippen LogP contribution in [-0.4, -0.2) is 31.1 Å². The van der Waals surface area contributed by atoms with Crippen LogP contribution < -0.4 is 10.1 Å². The van der Waals surface area contributed by atoms with Crippen LogP contribution in [0, 0.1) is 0 Å². The zero-order valence-electron chi connectivity index (χ0n) is 11.8. The Morgan fingerprint density at radius 3 is 3.10 bits per heavy atom. The van der Waals surface area contributed by atoms with Gasteiger partial charge in [-0.25, -0.2) is 0 Å². The van der Waals surface area contributed by atoms with E-state index in [4.69, 9.17) is 9.47 Å². The Kier molecular flexibility index (Phi) is 4.53. The predicted octanol–water partition coefficient (Wildman–Crippen LogP) is 3.21. The van der Waals surface area contributed by atoms with Gasteiger partial charge in [0.15, 0.2) is 0 Å². The second-order valence-electron chi connectivity index (χ2n) is 5.12. The Labute approximate surface area is 124 Å². The van der Waals surface area contributed by atoms with E-state index in [-0.39, 0.29) is 12.1 Å². The van der Waals surface area contributed by atoms with Gasteiger partial charge in [-0.15, -0.1) is 11.8 Å². The minimum absolute atomic E-state index is 0.169. The molecule has 1 N–H and O–H groups in total. The van der Waals surface area contributed by atoms with Gasteiger partial charge in [0, 0.05) is 10.6 Å². The van der Waals surface area contributed by atoms with Crippen molar-refractivity contribution in [3.63, 3.8) is 0 Å². The Hall–Kier alpha value is -1.13. The van der Waals surface area contributed by atoms with Crippen LogP contribution in [0.25, 0.3) is 0 Å². The molecule has 0 radical (unpaired) electrons. The number of thioether (sulfide) groups is 1. The van der Waals surface area contributed by atoms with Crippen LogP contribution in [0.5, 0.6) is 5.75 Å². The van der Waals surface area contributed by atoms with Crippen molar-refractivity contribution in [2.75, 3.05) is 18.9 Å². The number of ether oxygens (including phenoxy) is 2. The summed E-state index contributed by atoms with van der Waals surface area (Å²) in [6.07, 6.45) is 4.31. The molecule has 0 aromatic heterocycles. The monoisotopic (exact) mass is 291 g/mol. The van der Waals surface area contributed by atoms with Crippen molar-refractivity contribution < 1.29 is 9.47 Å². The minimum Gasteiger partial charge on any atom is -0.501 e. The molecule has 3 rings (SSSR count). The van der Waals surface area contributed by atoms with E-state index < -0.39 is 0 Å². The lowest BCUT2D eigenvalue weighted by Gasteiger charge is -2.34. The third kappa shape index (κ3) is 2.96. The van der Waals surface area contributed by atoms with Crippen LogP contribution in [-0.2, 0) is 4.74 Å². The second-order valence-corrected chi connectivity index (χ2v) is 6.18. The van der Waals surface area contributed by atoms with E-state index in [2.05, 4.69) is 30.4 Å². The third-order valence-electron chi connectivity index (χ3n) is 3.69. The van der Waals surface area contributed by atoms with Gasteiger partial charge < -0.3 is 14.8 Å². The molecule has 0 spiro atoms. The highest BCUT2D eigenvalue weighted by atomic mass is 32.2. The van der Waals surface area contributed by atoms with E-state index in [1.807, 2.05) is 24.1 Å². The van der Waals surface area contributed by atoms with Gasteiger partial charge in [0.05, 0.1) is 18.9 Å². The first kappa shape index (κ1) is 13.8. The Bertz CT molecular complexity index is 489. The molecule has 2 aliphatic heterocycles. The highest BCUT2D eigenvalue weighted by Gasteiger charge is 2.30. The molecular weight excluding hydrogens is 270 g/mol. The fraction of sp³-hybridized carbons (Fsp3) is 0.500. The van der Waals surface area contributed by atoms with Crippen molar-refractivity contribution in [3.8, 4) is 5.75 Å². The van der Waals surface area contributed by atoms with E-state index in [1.54, 1.807) is 0 Å². The van der Waals surface area contributed by atoms with E-state index in [9.17, 15) is 0 Å². The molecule has 2 aliphatic rings. The maximum Gasteiger partial charge on any atom is 0.133 e. The van der Waals surface area contributed by atoms with Crippen molar-refractivity contribution in [2.24, 2.45) is 0 Å². The molecule has 108 valence electrons. The number of hydrogen-bond acceptors (Lipinski definition) is 4. The van der Waals surface area contributed by atoms with Crippen molar-refractivity contribution in [2.45, 2.75) is 36.8 Å². The number of benzene rings is 1. The first-order valence-electron chi connectivity index (χ1n) is 7.31. The average Bonchev–Trinajstić information content (AvgIpc) is 2.53. The van der Waals surface area contributed by atoms with Gasteiger partial charge in [0.25, 0.3) is 0 Å². The molecule has 0 fully saturated rings. The second kappa shape index (κ2) is 6.55. The predicted molar refractivity (Wildman–Crippen MR) is 82.3 cm³/mol. The summed E-state index contributed by atoms with van der Waals surface area (Å²) in [5.74, 6) is 1.99. The molecule has 2 unspecified atom stereocenters. The number of fused-ring (bicyclic) bond motifs is 1. The average molecular weight is 291 g/mol. The molecular formula is C16H21NO2S. The molecule has 4 heteroatoms. The van der Waals surface area contributed by atoms with Crippen molar-refractivity contribution in [1.29, 1.82) is 0 Å². The smallest absolute Gasteiger partial charge is 0.133 e. The molecule has 0 bridgehead atoms. The summed E-state index contributed by atoms with van der Waals surface area (Å²) in [6, 6.07) is 8.54. The lowest BCUT2D eigenvalue weighted by Crippen LogP contribution is -2.47. The summed E-state index contributed by atoms with van der Waals surface area (Å²) >= 11 is 1.88. The van der Waals surface area contributed by atoms with Crippen LogP contribution in [0.1, 0.15) is 19.8 Å². The van der Waals surface area contributed by atoms with Crippen LogP contribution in [0.2, 0.25) is 0 Å². The van der Waals surface area contributed by atoms with E-state index in [0.717, 1.165) is 37.5 Å². The van der Waals surface area contributed by atoms with Gasteiger partial charge >= 0.3 is 0 Å². The summed E-state index contributed by atoms with van der Waals surface area (Å²) in [5.41, 5.74) is 1.34. The highest BCUT2D eigenvalue weighted by molar-refractivity contribution is 7.99. The first-order chi connectivity index (χ1) is 9.88. The SMILES string of the molecule is CCNC(C1=COCCC1)C1CSc2ccccc2O1. The molecule has 1 aromatic rings. The maximum absolute atomic E-state index is 6.22. The zero-order chi connectivity index (χ0) is 13.8. The third-order valence-corrected chi connectivity index (χ3v) is 4.83.